The van der Waals surface area contributed by atoms with Gasteiger partial charge in [0.05, 0.1) is 10.7 Å². The van der Waals surface area contributed by atoms with Gasteiger partial charge >= 0.3 is 17.1 Å². The van der Waals surface area contributed by atoms with Gasteiger partial charge in [0.15, 0.2) is 0 Å². The largest absolute Gasteiger partial charge is 0.340 e. The maximum atomic E-state index is 12.8. The highest BCUT2D eigenvalue weighted by atomic mass is 35.5. The molecule has 152 valence electrons. The van der Waals surface area contributed by atoms with Crippen molar-refractivity contribution in [2.45, 2.75) is 43.0 Å². The Morgan fingerprint density at radius 2 is 1.72 bits per heavy atom. The summed E-state index contributed by atoms with van der Waals surface area (Å²) in [5, 5.41) is 1.04. The van der Waals surface area contributed by atoms with Crippen molar-refractivity contribution in [3.05, 3.63) is 83.5 Å². The van der Waals surface area contributed by atoms with Crippen LogP contribution in [0.2, 0.25) is 10.0 Å². The van der Waals surface area contributed by atoms with Crippen LogP contribution in [0.1, 0.15) is 25.3 Å². The minimum absolute atomic E-state index is 0.238. The van der Waals surface area contributed by atoms with Gasteiger partial charge in [0.1, 0.15) is 0 Å². The fourth-order valence-electron chi connectivity index (χ4n) is 2.84. The summed E-state index contributed by atoms with van der Waals surface area (Å²) >= 11 is 13.9. The summed E-state index contributed by atoms with van der Waals surface area (Å²) in [6.07, 6.45) is 1.46. The molecule has 0 bridgehead atoms. The van der Waals surface area contributed by atoms with Crippen LogP contribution in [0.25, 0.3) is 5.69 Å². The van der Waals surface area contributed by atoms with Crippen molar-refractivity contribution in [1.29, 1.82) is 0 Å². The molecule has 1 aromatic heterocycles. The number of nitrogens with one attached hydrogen (secondary N) is 1. The van der Waals surface area contributed by atoms with Crippen molar-refractivity contribution in [3.63, 3.8) is 0 Å². The van der Waals surface area contributed by atoms with Gasteiger partial charge in [-0.25, -0.2) is 23.5 Å². The first-order valence-corrected chi connectivity index (χ1v) is 10.6. The van der Waals surface area contributed by atoms with Crippen molar-refractivity contribution in [3.8, 4) is 5.69 Å². The lowest BCUT2D eigenvalue weighted by Gasteiger charge is -2.13. The Kier molecular flexibility index (Phi) is 6.72. The van der Waals surface area contributed by atoms with Crippen molar-refractivity contribution < 1.29 is 0 Å². The summed E-state index contributed by atoms with van der Waals surface area (Å²) in [6, 6.07) is 10.6. The number of hydrogen-bond donors (Lipinski definition) is 1. The molecule has 1 heterocycles. The molecule has 1 N–H and O–H groups in total. The molecule has 0 saturated heterocycles. The maximum absolute atomic E-state index is 12.8. The number of nitrogens with zero attached hydrogens (tertiary/aromatic N) is 2. The van der Waals surface area contributed by atoms with Gasteiger partial charge in [-0.3, -0.25) is 4.98 Å². The third-order valence-corrected chi connectivity index (χ3v) is 6.24. The number of rotatable bonds is 6. The van der Waals surface area contributed by atoms with E-state index in [1.54, 1.807) is 24.3 Å². The van der Waals surface area contributed by atoms with Crippen LogP contribution >= 0.6 is 35.0 Å². The number of aromatic nitrogens is 3. The second-order valence-electron chi connectivity index (χ2n) is 6.49. The molecule has 3 aromatic rings. The minimum atomic E-state index is -0.790. The van der Waals surface area contributed by atoms with Crippen LogP contribution in [0.15, 0.2) is 60.6 Å². The smallest absolute Gasteiger partial charge is 0.258 e. The van der Waals surface area contributed by atoms with Gasteiger partial charge in [-0.1, -0.05) is 48.3 Å². The monoisotopic (exact) mass is 451 g/mol. The fourth-order valence-corrected chi connectivity index (χ4v) is 4.23. The van der Waals surface area contributed by atoms with E-state index < -0.39 is 17.1 Å². The van der Waals surface area contributed by atoms with E-state index >= 15 is 0 Å². The highest BCUT2D eigenvalue weighted by molar-refractivity contribution is 7.99. The topological polar surface area (TPSA) is 76.9 Å². The number of unbranched alkanes of at least 4 members (excludes halogenated alkanes) is 1. The van der Waals surface area contributed by atoms with Gasteiger partial charge in [-0.15, -0.1) is 0 Å². The molecule has 0 saturated carbocycles. The third kappa shape index (κ3) is 4.69. The number of H-pyrrole nitrogens is 1. The Morgan fingerprint density at radius 3 is 2.34 bits per heavy atom. The second kappa shape index (κ2) is 9.07. The van der Waals surface area contributed by atoms with Crippen LogP contribution in [0.4, 0.5) is 0 Å². The summed E-state index contributed by atoms with van der Waals surface area (Å²) in [5.74, 6) is 0. The lowest BCUT2D eigenvalue weighted by Crippen LogP contribution is -2.48. The van der Waals surface area contributed by atoms with Crippen LogP contribution in [-0.4, -0.2) is 14.1 Å². The molecule has 0 fully saturated rings. The van der Waals surface area contributed by atoms with Gasteiger partial charge in [-0.05, 0) is 55.3 Å². The van der Waals surface area contributed by atoms with E-state index in [4.69, 9.17) is 23.2 Å². The van der Waals surface area contributed by atoms with Crippen LogP contribution in [-0.2, 0) is 6.54 Å². The number of hydrogen-bond acceptors (Lipinski definition) is 4. The Balaban J connectivity index is 2.07. The van der Waals surface area contributed by atoms with E-state index in [1.807, 2.05) is 26.0 Å². The van der Waals surface area contributed by atoms with Gasteiger partial charge in [0.25, 0.3) is 0 Å². The van der Waals surface area contributed by atoms with Crippen molar-refractivity contribution >= 4 is 35.0 Å². The highest BCUT2D eigenvalue weighted by Gasteiger charge is 2.15. The van der Waals surface area contributed by atoms with Crippen LogP contribution in [0.5, 0.6) is 0 Å². The molecule has 0 radical (unpaired) electrons. The van der Waals surface area contributed by atoms with Crippen LogP contribution in [0.3, 0.4) is 0 Å². The standard InChI is InChI=1S/C20H19Cl2N3O3S/c1-3-4-9-24-18(26)23-19(27)25(20(24)28)14-10-12(2)17(16(22)11-14)29-15-7-5-13(21)6-8-15/h5-8,10-11H,3-4,9H2,1-2H3,(H,23,26,27). The summed E-state index contributed by atoms with van der Waals surface area (Å²) in [7, 11) is 0. The Labute approximate surface area is 181 Å². The van der Waals surface area contributed by atoms with Gasteiger partial charge < -0.3 is 0 Å². The summed E-state index contributed by atoms with van der Waals surface area (Å²) < 4.78 is 1.97. The van der Waals surface area contributed by atoms with E-state index in [9.17, 15) is 14.4 Å². The first kappa shape index (κ1) is 21.5. The zero-order valence-electron chi connectivity index (χ0n) is 15.9. The van der Waals surface area contributed by atoms with Gasteiger partial charge in [-0.2, -0.15) is 0 Å². The zero-order valence-corrected chi connectivity index (χ0v) is 18.2. The lowest BCUT2D eigenvalue weighted by atomic mass is 10.2. The lowest BCUT2D eigenvalue weighted by molar-refractivity contribution is 0.542. The van der Waals surface area contributed by atoms with E-state index in [0.29, 0.717) is 22.2 Å². The number of aromatic amines is 1. The molecule has 29 heavy (non-hydrogen) atoms. The average molecular weight is 452 g/mol. The molecule has 0 unspecified atom stereocenters. The third-order valence-electron chi connectivity index (χ3n) is 4.33. The predicted molar refractivity (Wildman–Crippen MR) is 117 cm³/mol. The molecule has 2 aromatic carbocycles. The number of aryl methyl sites for hydroxylation is 1. The van der Waals surface area contributed by atoms with Crippen molar-refractivity contribution in [1.82, 2.24) is 14.1 Å². The first-order chi connectivity index (χ1) is 13.8. The number of benzene rings is 2. The van der Waals surface area contributed by atoms with Gasteiger partial charge in [0.2, 0.25) is 0 Å². The molecule has 0 amide bonds. The summed E-state index contributed by atoms with van der Waals surface area (Å²) in [6.45, 7) is 4.04. The molecule has 0 atom stereocenters. The fraction of sp³-hybridized carbons (Fsp3) is 0.250. The molecule has 9 heteroatoms. The molecular formula is C20H19Cl2N3O3S. The number of halogens is 2. The van der Waals surface area contributed by atoms with E-state index in [-0.39, 0.29) is 6.54 Å². The first-order valence-electron chi connectivity index (χ1n) is 9.02. The molecule has 0 aliphatic rings. The zero-order chi connectivity index (χ0) is 21.1. The summed E-state index contributed by atoms with van der Waals surface area (Å²) in [5.41, 5.74) is -1.07. The second-order valence-corrected chi connectivity index (χ2v) is 8.42. The Morgan fingerprint density at radius 1 is 1.03 bits per heavy atom. The average Bonchev–Trinajstić information content (AvgIpc) is 2.66. The van der Waals surface area contributed by atoms with Crippen molar-refractivity contribution in [2.24, 2.45) is 0 Å². The quantitative estimate of drug-likeness (QED) is 0.607. The summed E-state index contributed by atoms with van der Waals surface area (Å²) in [4.78, 5) is 41.1. The van der Waals surface area contributed by atoms with E-state index in [1.165, 1.54) is 11.8 Å². The van der Waals surface area contributed by atoms with Crippen LogP contribution < -0.4 is 17.1 Å². The van der Waals surface area contributed by atoms with Crippen molar-refractivity contribution in [2.75, 3.05) is 0 Å². The molecule has 6 nitrogen and oxygen atoms in total. The predicted octanol–water partition coefficient (Wildman–Crippen LogP) is 4.25. The molecule has 3 rings (SSSR count). The molecule has 0 spiro atoms. The molecular weight excluding hydrogens is 433 g/mol. The maximum Gasteiger partial charge on any atom is 0.340 e. The molecule has 0 aliphatic carbocycles. The Hall–Kier alpha value is -2.22. The highest BCUT2D eigenvalue weighted by Crippen LogP contribution is 2.37. The van der Waals surface area contributed by atoms with Gasteiger partial charge in [0, 0.05) is 21.4 Å². The van der Waals surface area contributed by atoms with E-state index in [0.717, 1.165) is 30.9 Å². The normalized spacial score (nSPS) is 11.0. The molecule has 0 aliphatic heterocycles. The SMILES string of the molecule is CCCCn1c(=O)[nH]c(=O)n(-c2cc(C)c(Sc3ccc(Cl)cc3)c(Cl)c2)c1=O. The minimum Gasteiger partial charge on any atom is -0.258 e. The Bertz CT molecular complexity index is 1190. The van der Waals surface area contributed by atoms with Crippen LogP contribution in [0, 0.1) is 6.92 Å². The van der Waals surface area contributed by atoms with E-state index in [2.05, 4.69) is 4.98 Å².